The molecule has 0 fully saturated rings. The lowest BCUT2D eigenvalue weighted by Gasteiger charge is -2.26. The summed E-state index contributed by atoms with van der Waals surface area (Å²) in [5.41, 5.74) is 10.5. The maximum absolute atomic E-state index is 6.28. The number of benzene rings is 8. The van der Waals surface area contributed by atoms with E-state index < -0.39 is 0 Å². The smallest absolute Gasteiger partial charge is 0.238 e. The van der Waals surface area contributed by atoms with Gasteiger partial charge >= 0.3 is 0 Å². The molecule has 1 aliphatic rings. The standard InChI is InChI=1S/C54H34N4OS2/c1-54(2)40-18-7-3-13-33(40)34-27-25-32(30-41(34)54)52-55-51(31-26-28-45-39(29-31)35-14-4-8-21-44(35)59-45)56-53(57-52)58(42-19-12-24-48-49(42)38-16-6-10-23-47(38)60-48)43-20-11-17-37-36-15-5-9-22-46(36)61-50(37)43/h3-30H,1-2H3. The zero-order chi connectivity index (χ0) is 40.4. The summed E-state index contributed by atoms with van der Waals surface area (Å²) in [6, 6.07) is 60.5. The van der Waals surface area contributed by atoms with Gasteiger partial charge in [0.05, 0.1) is 16.1 Å². The second-order valence-electron chi connectivity index (χ2n) is 16.4. The van der Waals surface area contributed by atoms with Gasteiger partial charge in [-0.1, -0.05) is 123 Å². The molecule has 4 aromatic heterocycles. The normalized spacial score (nSPS) is 13.2. The molecule has 288 valence electrons. The summed E-state index contributed by atoms with van der Waals surface area (Å²) in [5.74, 6) is 1.75. The van der Waals surface area contributed by atoms with E-state index in [1.807, 2.05) is 40.9 Å². The van der Waals surface area contributed by atoms with Crippen molar-refractivity contribution in [2.24, 2.45) is 0 Å². The molecule has 12 aromatic rings. The van der Waals surface area contributed by atoms with Crippen LogP contribution in [0.15, 0.2) is 174 Å². The maximum Gasteiger partial charge on any atom is 0.238 e. The van der Waals surface area contributed by atoms with E-state index in [2.05, 4.69) is 170 Å². The Bertz CT molecular complexity index is 3780. The van der Waals surface area contributed by atoms with Gasteiger partial charge in [-0.15, -0.1) is 22.7 Å². The quantitative estimate of drug-likeness (QED) is 0.173. The van der Waals surface area contributed by atoms with Gasteiger partial charge in [0.15, 0.2) is 11.6 Å². The molecule has 0 spiro atoms. The van der Waals surface area contributed by atoms with Gasteiger partial charge in [0.25, 0.3) is 0 Å². The van der Waals surface area contributed by atoms with Gasteiger partial charge in [0, 0.05) is 63.0 Å². The molecule has 0 saturated heterocycles. The number of furan rings is 1. The molecule has 0 aliphatic heterocycles. The second kappa shape index (κ2) is 12.9. The van der Waals surface area contributed by atoms with Gasteiger partial charge in [-0.05, 0) is 82.9 Å². The highest BCUT2D eigenvalue weighted by molar-refractivity contribution is 7.26. The number of hydrogen-bond acceptors (Lipinski definition) is 7. The van der Waals surface area contributed by atoms with Gasteiger partial charge in [-0.25, -0.2) is 4.98 Å². The van der Waals surface area contributed by atoms with Crippen LogP contribution in [0, 0.1) is 0 Å². The first-order chi connectivity index (χ1) is 30.0. The molecule has 0 N–H and O–H groups in total. The van der Waals surface area contributed by atoms with Crippen molar-refractivity contribution in [1.29, 1.82) is 0 Å². The van der Waals surface area contributed by atoms with E-state index in [1.54, 1.807) is 0 Å². The Morgan fingerprint density at radius 1 is 0.459 bits per heavy atom. The van der Waals surface area contributed by atoms with Crippen LogP contribution in [0.25, 0.3) is 96.2 Å². The van der Waals surface area contributed by atoms with Crippen molar-refractivity contribution in [3.63, 3.8) is 0 Å². The summed E-state index contributed by atoms with van der Waals surface area (Å²) in [5, 5.41) is 6.91. The number of thiophene rings is 2. The number of fused-ring (bicyclic) bond motifs is 12. The van der Waals surface area contributed by atoms with Gasteiger partial charge in [-0.3, -0.25) is 4.90 Å². The Hall–Kier alpha value is -7.19. The number of hydrogen-bond donors (Lipinski definition) is 0. The first-order valence-electron chi connectivity index (χ1n) is 20.5. The average Bonchev–Trinajstić information content (AvgIpc) is 4.05. The lowest BCUT2D eigenvalue weighted by molar-refractivity contribution is 0.660. The minimum atomic E-state index is -0.188. The minimum Gasteiger partial charge on any atom is -0.456 e. The summed E-state index contributed by atoms with van der Waals surface area (Å²) in [7, 11) is 0. The van der Waals surface area contributed by atoms with E-state index in [1.165, 1.54) is 62.6 Å². The Balaban J connectivity index is 1.11. The van der Waals surface area contributed by atoms with E-state index in [9.17, 15) is 0 Å². The first kappa shape index (κ1) is 34.7. The van der Waals surface area contributed by atoms with E-state index >= 15 is 0 Å². The van der Waals surface area contributed by atoms with Crippen LogP contribution < -0.4 is 4.90 Å². The van der Waals surface area contributed by atoms with Crippen LogP contribution in [0.4, 0.5) is 17.3 Å². The Morgan fingerprint density at radius 2 is 1.08 bits per heavy atom. The monoisotopic (exact) mass is 818 g/mol. The van der Waals surface area contributed by atoms with Crippen LogP contribution in [0.1, 0.15) is 25.0 Å². The fourth-order valence-corrected chi connectivity index (χ4v) is 12.0. The van der Waals surface area contributed by atoms with Crippen LogP contribution in [0.5, 0.6) is 0 Å². The highest BCUT2D eigenvalue weighted by atomic mass is 32.1. The molecule has 8 aromatic carbocycles. The van der Waals surface area contributed by atoms with Gasteiger partial charge in [0.1, 0.15) is 11.2 Å². The molecule has 0 unspecified atom stereocenters. The topological polar surface area (TPSA) is 55.1 Å². The number of aromatic nitrogens is 3. The molecule has 13 rings (SSSR count). The summed E-state index contributed by atoms with van der Waals surface area (Å²) in [6.45, 7) is 4.63. The molecule has 5 nitrogen and oxygen atoms in total. The maximum atomic E-state index is 6.28. The predicted octanol–water partition coefficient (Wildman–Crippen LogP) is 15.6. The third-order valence-corrected chi connectivity index (χ3v) is 14.9. The van der Waals surface area contributed by atoms with Crippen LogP contribution in [-0.4, -0.2) is 15.0 Å². The SMILES string of the molecule is CC1(C)c2ccccc2-c2ccc(-c3nc(-c4ccc5oc6ccccc6c5c4)nc(N(c4cccc5c4sc4ccccc45)c4cccc5sc6ccccc6c45)n3)cc21. The van der Waals surface area contributed by atoms with Crippen molar-refractivity contribution in [2.75, 3.05) is 4.90 Å². The molecule has 0 radical (unpaired) electrons. The van der Waals surface area contributed by atoms with Gasteiger partial charge in [0.2, 0.25) is 5.95 Å². The zero-order valence-electron chi connectivity index (χ0n) is 33.2. The van der Waals surface area contributed by atoms with Crippen LogP contribution in [-0.2, 0) is 5.41 Å². The van der Waals surface area contributed by atoms with Crippen molar-refractivity contribution in [2.45, 2.75) is 19.3 Å². The van der Waals surface area contributed by atoms with E-state index in [0.29, 0.717) is 17.6 Å². The minimum absolute atomic E-state index is 0.188. The molecule has 0 bridgehead atoms. The number of rotatable bonds is 5. The molecule has 61 heavy (non-hydrogen) atoms. The summed E-state index contributed by atoms with van der Waals surface area (Å²) >= 11 is 3.62. The van der Waals surface area contributed by atoms with Crippen LogP contribution in [0.2, 0.25) is 0 Å². The highest BCUT2D eigenvalue weighted by Gasteiger charge is 2.35. The van der Waals surface area contributed by atoms with Gasteiger partial charge in [-0.2, -0.15) is 9.97 Å². The van der Waals surface area contributed by atoms with Gasteiger partial charge < -0.3 is 4.42 Å². The molecular formula is C54H34N4OS2. The van der Waals surface area contributed by atoms with Crippen molar-refractivity contribution in [1.82, 2.24) is 15.0 Å². The molecular weight excluding hydrogens is 785 g/mol. The first-order valence-corrected chi connectivity index (χ1v) is 22.1. The third kappa shape index (κ3) is 5.14. The van der Waals surface area contributed by atoms with E-state index in [4.69, 9.17) is 19.4 Å². The molecule has 0 atom stereocenters. The van der Waals surface area contributed by atoms with Crippen molar-refractivity contribution < 1.29 is 4.42 Å². The zero-order valence-corrected chi connectivity index (χ0v) is 34.8. The molecule has 7 heteroatoms. The lowest BCUT2D eigenvalue weighted by atomic mass is 9.82. The molecule has 1 aliphatic carbocycles. The number of para-hydroxylation sites is 1. The predicted molar refractivity (Wildman–Crippen MR) is 256 cm³/mol. The van der Waals surface area contributed by atoms with Crippen molar-refractivity contribution in [3.8, 4) is 33.9 Å². The summed E-state index contributed by atoms with van der Waals surface area (Å²) in [6.07, 6.45) is 0. The lowest BCUT2D eigenvalue weighted by Crippen LogP contribution is -2.16. The number of nitrogens with zero attached hydrogens (tertiary/aromatic N) is 4. The fraction of sp³-hybridized carbons (Fsp3) is 0.0556. The molecule has 4 heterocycles. The highest BCUT2D eigenvalue weighted by Crippen LogP contribution is 2.51. The Morgan fingerprint density at radius 3 is 1.95 bits per heavy atom. The number of anilines is 3. The third-order valence-electron chi connectivity index (χ3n) is 12.5. The Labute approximate surface area is 358 Å². The molecule has 0 saturated carbocycles. The largest absolute Gasteiger partial charge is 0.456 e. The fourth-order valence-electron chi connectivity index (χ4n) is 9.63. The van der Waals surface area contributed by atoms with Crippen LogP contribution in [0.3, 0.4) is 0 Å². The summed E-state index contributed by atoms with van der Waals surface area (Å²) < 4.78 is 11.1. The molecule has 0 amide bonds. The summed E-state index contributed by atoms with van der Waals surface area (Å²) in [4.78, 5) is 18.7. The van der Waals surface area contributed by atoms with E-state index in [-0.39, 0.29) is 5.41 Å². The van der Waals surface area contributed by atoms with Crippen molar-refractivity contribution >= 4 is 102 Å². The van der Waals surface area contributed by atoms with E-state index in [0.717, 1.165) is 44.4 Å². The second-order valence-corrected chi connectivity index (χ2v) is 18.5. The van der Waals surface area contributed by atoms with Crippen LogP contribution >= 0.6 is 22.7 Å². The van der Waals surface area contributed by atoms with Crippen molar-refractivity contribution in [3.05, 3.63) is 181 Å². The average molecular weight is 819 g/mol. The Kier molecular flexibility index (Phi) is 7.33.